The number of rotatable bonds is 3. The van der Waals surface area contributed by atoms with E-state index in [1.165, 1.54) is 5.01 Å². The number of benzene rings is 1. The zero-order valence-corrected chi connectivity index (χ0v) is 13.7. The fourth-order valence-electron chi connectivity index (χ4n) is 2.81. The van der Waals surface area contributed by atoms with Crippen LogP contribution in [0.5, 0.6) is 0 Å². The standard InChI is InChI=1S/C19H17N3O3/c1-13-6-8-14(9-7-13)20-19(23)22-16(18-5-3-11-25-18)12-15(21-22)17-4-2-10-24-17/h2-11,16H,12H2,1H3,(H,20,23)/t16-/m0/s1. The Bertz CT molecular complexity index is 881. The Kier molecular flexibility index (Phi) is 3.85. The maximum atomic E-state index is 12.8. The summed E-state index contributed by atoms with van der Waals surface area (Å²) in [7, 11) is 0. The SMILES string of the molecule is Cc1ccc(NC(=O)N2N=C(c3ccco3)C[C@H]2c2ccco2)cc1. The number of carbonyl (C=O) groups excluding carboxylic acids is 1. The highest BCUT2D eigenvalue weighted by Gasteiger charge is 2.35. The number of hydrogen-bond donors (Lipinski definition) is 1. The van der Waals surface area contributed by atoms with Gasteiger partial charge in [0, 0.05) is 12.1 Å². The highest BCUT2D eigenvalue weighted by Crippen LogP contribution is 2.33. The molecule has 0 aliphatic carbocycles. The third kappa shape index (κ3) is 3.06. The molecule has 0 saturated carbocycles. The van der Waals surface area contributed by atoms with E-state index in [0.29, 0.717) is 23.7 Å². The minimum Gasteiger partial charge on any atom is -0.467 e. The smallest absolute Gasteiger partial charge is 0.342 e. The van der Waals surface area contributed by atoms with Gasteiger partial charge >= 0.3 is 6.03 Å². The van der Waals surface area contributed by atoms with E-state index in [1.54, 1.807) is 24.7 Å². The van der Waals surface area contributed by atoms with Crippen LogP contribution in [0.4, 0.5) is 10.5 Å². The first kappa shape index (κ1) is 15.3. The number of nitrogens with zero attached hydrogens (tertiary/aromatic N) is 2. The molecular formula is C19H17N3O3. The van der Waals surface area contributed by atoms with Crippen molar-refractivity contribution in [1.29, 1.82) is 0 Å². The summed E-state index contributed by atoms with van der Waals surface area (Å²) >= 11 is 0. The first-order chi connectivity index (χ1) is 12.2. The second kappa shape index (κ2) is 6.32. The van der Waals surface area contributed by atoms with E-state index in [1.807, 2.05) is 43.3 Å². The summed E-state index contributed by atoms with van der Waals surface area (Å²) in [5, 5.41) is 8.76. The molecule has 2 amide bonds. The molecular weight excluding hydrogens is 318 g/mol. The molecule has 25 heavy (non-hydrogen) atoms. The summed E-state index contributed by atoms with van der Waals surface area (Å²) in [6, 6.07) is 14.3. The number of nitrogens with one attached hydrogen (secondary N) is 1. The van der Waals surface area contributed by atoms with Gasteiger partial charge in [-0.3, -0.25) is 0 Å². The number of urea groups is 1. The lowest BCUT2D eigenvalue weighted by Gasteiger charge is -2.20. The first-order valence-electron chi connectivity index (χ1n) is 8.02. The summed E-state index contributed by atoms with van der Waals surface area (Å²) in [5.74, 6) is 1.34. The van der Waals surface area contributed by atoms with Crippen molar-refractivity contribution in [3.63, 3.8) is 0 Å². The van der Waals surface area contributed by atoms with Crippen LogP contribution >= 0.6 is 0 Å². The predicted molar refractivity (Wildman–Crippen MR) is 93.3 cm³/mol. The molecule has 1 aliphatic rings. The van der Waals surface area contributed by atoms with Crippen molar-refractivity contribution < 1.29 is 13.6 Å². The molecule has 126 valence electrons. The van der Waals surface area contributed by atoms with Crippen LogP contribution in [-0.2, 0) is 0 Å². The van der Waals surface area contributed by atoms with Gasteiger partial charge in [-0.2, -0.15) is 5.10 Å². The minimum absolute atomic E-state index is 0.305. The number of carbonyl (C=O) groups is 1. The van der Waals surface area contributed by atoms with Gasteiger partial charge in [-0.05, 0) is 43.3 Å². The zero-order chi connectivity index (χ0) is 17.2. The van der Waals surface area contributed by atoms with Gasteiger partial charge in [0.05, 0.1) is 12.5 Å². The summed E-state index contributed by atoms with van der Waals surface area (Å²) in [4.78, 5) is 12.8. The van der Waals surface area contributed by atoms with Crippen molar-refractivity contribution in [2.24, 2.45) is 5.10 Å². The van der Waals surface area contributed by atoms with Gasteiger partial charge < -0.3 is 14.2 Å². The zero-order valence-electron chi connectivity index (χ0n) is 13.7. The molecule has 0 spiro atoms. The van der Waals surface area contributed by atoms with E-state index >= 15 is 0 Å². The van der Waals surface area contributed by atoms with Crippen molar-refractivity contribution in [3.05, 3.63) is 78.1 Å². The van der Waals surface area contributed by atoms with Gasteiger partial charge in [-0.25, -0.2) is 9.80 Å². The van der Waals surface area contributed by atoms with Gasteiger partial charge in [0.25, 0.3) is 0 Å². The molecule has 0 saturated heterocycles. The molecule has 0 unspecified atom stereocenters. The van der Waals surface area contributed by atoms with E-state index in [9.17, 15) is 4.79 Å². The Labute approximate surface area is 144 Å². The third-order valence-corrected chi connectivity index (χ3v) is 4.10. The molecule has 0 fully saturated rings. The minimum atomic E-state index is -0.313. The van der Waals surface area contributed by atoms with Crippen molar-refractivity contribution in [3.8, 4) is 0 Å². The summed E-state index contributed by atoms with van der Waals surface area (Å²) in [5.41, 5.74) is 2.56. The molecule has 1 aromatic carbocycles. The maximum Gasteiger partial charge on any atom is 0.342 e. The van der Waals surface area contributed by atoms with E-state index in [2.05, 4.69) is 10.4 Å². The number of aryl methyl sites for hydroxylation is 1. The van der Waals surface area contributed by atoms with Crippen LogP contribution in [0.15, 0.2) is 75.0 Å². The molecule has 0 radical (unpaired) electrons. The van der Waals surface area contributed by atoms with Crippen molar-refractivity contribution in [2.75, 3.05) is 5.32 Å². The van der Waals surface area contributed by atoms with Gasteiger partial charge in [-0.15, -0.1) is 0 Å². The molecule has 3 aromatic rings. The Morgan fingerprint density at radius 1 is 1.12 bits per heavy atom. The number of furan rings is 2. The second-order valence-corrected chi connectivity index (χ2v) is 5.90. The van der Waals surface area contributed by atoms with Gasteiger partial charge in [0.2, 0.25) is 0 Å². The Balaban J connectivity index is 1.60. The van der Waals surface area contributed by atoms with Gasteiger partial charge in [-0.1, -0.05) is 17.7 Å². The van der Waals surface area contributed by atoms with Crippen LogP contribution in [0.1, 0.15) is 29.5 Å². The number of anilines is 1. The van der Waals surface area contributed by atoms with E-state index < -0.39 is 0 Å². The van der Waals surface area contributed by atoms with E-state index in [4.69, 9.17) is 8.83 Å². The largest absolute Gasteiger partial charge is 0.467 e. The van der Waals surface area contributed by atoms with Crippen LogP contribution in [0.3, 0.4) is 0 Å². The molecule has 6 nitrogen and oxygen atoms in total. The number of hydrogen-bond acceptors (Lipinski definition) is 4. The highest BCUT2D eigenvalue weighted by atomic mass is 16.3. The lowest BCUT2D eigenvalue weighted by Crippen LogP contribution is -2.31. The Hall–Kier alpha value is -3.28. The molecule has 1 aliphatic heterocycles. The lowest BCUT2D eigenvalue weighted by molar-refractivity contribution is 0.192. The third-order valence-electron chi connectivity index (χ3n) is 4.10. The number of amides is 2. The molecule has 1 N–H and O–H groups in total. The highest BCUT2D eigenvalue weighted by molar-refractivity contribution is 6.02. The fourth-order valence-corrected chi connectivity index (χ4v) is 2.81. The van der Waals surface area contributed by atoms with Crippen molar-refractivity contribution in [2.45, 2.75) is 19.4 Å². The van der Waals surface area contributed by atoms with Crippen LogP contribution in [-0.4, -0.2) is 16.8 Å². The summed E-state index contributed by atoms with van der Waals surface area (Å²) in [6.45, 7) is 2.00. The summed E-state index contributed by atoms with van der Waals surface area (Å²) < 4.78 is 10.9. The summed E-state index contributed by atoms with van der Waals surface area (Å²) in [6.07, 6.45) is 3.72. The van der Waals surface area contributed by atoms with E-state index in [0.717, 1.165) is 11.3 Å². The maximum absolute atomic E-state index is 12.8. The van der Waals surface area contributed by atoms with Crippen LogP contribution in [0.2, 0.25) is 0 Å². The quantitative estimate of drug-likeness (QED) is 0.762. The van der Waals surface area contributed by atoms with Crippen LogP contribution < -0.4 is 5.32 Å². The average molecular weight is 335 g/mol. The van der Waals surface area contributed by atoms with Crippen molar-refractivity contribution in [1.82, 2.24) is 5.01 Å². The molecule has 6 heteroatoms. The lowest BCUT2D eigenvalue weighted by atomic mass is 10.1. The Morgan fingerprint density at radius 3 is 2.56 bits per heavy atom. The average Bonchev–Trinajstić information content (AvgIpc) is 3.36. The number of hydrazone groups is 1. The van der Waals surface area contributed by atoms with Crippen LogP contribution in [0.25, 0.3) is 0 Å². The monoisotopic (exact) mass is 335 g/mol. The van der Waals surface area contributed by atoms with Crippen LogP contribution in [0, 0.1) is 6.92 Å². The second-order valence-electron chi connectivity index (χ2n) is 5.90. The topological polar surface area (TPSA) is 71.0 Å². The molecule has 0 bridgehead atoms. The Morgan fingerprint density at radius 2 is 1.88 bits per heavy atom. The molecule has 1 atom stereocenters. The molecule has 3 heterocycles. The van der Waals surface area contributed by atoms with Gasteiger partial charge in [0.15, 0.2) is 0 Å². The van der Waals surface area contributed by atoms with Crippen molar-refractivity contribution >= 4 is 17.4 Å². The first-order valence-corrected chi connectivity index (χ1v) is 8.02. The predicted octanol–water partition coefficient (Wildman–Crippen LogP) is 4.56. The van der Waals surface area contributed by atoms with Gasteiger partial charge in [0.1, 0.15) is 23.3 Å². The van der Waals surface area contributed by atoms with E-state index in [-0.39, 0.29) is 12.1 Å². The fraction of sp³-hybridized carbons (Fsp3) is 0.158. The molecule has 2 aromatic heterocycles. The normalized spacial score (nSPS) is 16.8. The molecule has 4 rings (SSSR count).